The van der Waals surface area contributed by atoms with E-state index in [0.717, 1.165) is 27.5 Å². The second-order valence-electron chi connectivity index (χ2n) is 5.15. The summed E-state index contributed by atoms with van der Waals surface area (Å²) in [6.45, 7) is 3.69. The molecule has 1 aromatic heterocycles. The lowest BCUT2D eigenvalue weighted by Gasteiger charge is -2.02. The van der Waals surface area contributed by atoms with E-state index < -0.39 is 0 Å². The smallest absolute Gasteiger partial charge is 0.203 e. The molecule has 5 heteroatoms. The van der Waals surface area contributed by atoms with Crippen LogP contribution in [0.25, 0.3) is 11.3 Å². The van der Waals surface area contributed by atoms with Gasteiger partial charge in [0.05, 0.1) is 11.9 Å². The molecule has 0 aliphatic rings. The number of hydrazone groups is 1. The number of thiazole rings is 1. The summed E-state index contributed by atoms with van der Waals surface area (Å²) in [4.78, 5) is 4.51. The van der Waals surface area contributed by atoms with Crippen LogP contribution in [0.3, 0.4) is 0 Å². The third-order valence-corrected chi connectivity index (χ3v) is 4.16. The molecule has 0 spiro atoms. The van der Waals surface area contributed by atoms with Gasteiger partial charge in [0.25, 0.3) is 0 Å². The average molecular weight is 335 g/mol. The number of anilines is 1. The number of nitrogens with zero attached hydrogens (tertiary/aromatic N) is 2. The number of nitrogens with one attached hydrogen (secondary N) is 1. The van der Waals surface area contributed by atoms with E-state index in [1.54, 1.807) is 18.4 Å². The number of phenols is 1. The Morgan fingerprint density at radius 2 is 2.04 bits per heavy atom. The van der Waals surface area contributed by atoms with Crippen molar-refractivity contribution in [2.75, 3.05) is 5.43 Å². The zero-order chi connectivity index (χ0) is 16.8. The molecule has 0 bridgehead atoms. The number of hydrogen-bond donors (Lipinski definition) is 2. The van der Waals surface area contributed by atoms with Crippen molar-refractivity contribution < 1.29 is 5.11 Å². The van der Waals surface area contributed by atoms with Gasteiger partial charge in [-0.3, -0.25) is 5.43 Å². The van der Waals surface area contributed by atoms with Gasteiger partial charge < -0.3 is 5.11 Å². The molecule has 0 amide bonds. The van der Waals surface area contributed by atoms with E-state index in [1.165, 1.54) is 11.3 Å². The van der Waals surface area contributed by atoms with Gasteiger partial charge in [-0.15, -0.1) is 17.9 Å². The van der Waals surface area contributed by atoms with Gasteiger partial charge >= 0.3 is 0 Å². The molecule has 120 valence electrons. The second-order valence-corrected chi connectivity index (χ2v) is 6.01. The van der Waals surface area contributed by atoms with E-state index in [2.05, 4.69) is 22.1 Å². The maximum absolute atomic E-state index is 9.76. The van der Waals surface area contributed by atoms with Crippen LogP contribution in [0.4, 0.5) is 5.13 Å². The molecule has 0 fully saturated rings. The fraction of sp³-hybridized carbons (Fsp3) is 0.0526. The zero-order valence-corrected chi connectivity index (χ0v) is 13.8. The van der Waals surface area contributed by atoms with Crippen LogP contribution in [0.2, 0.25) is 0 Å². The van der Waals surface area contributed by atoms with Crippen molar-refractivity contribution in [3.8, 4) is 17.0 Å². The SMILES string of the molecule is C=CCc1cc(C=NNc2nc(-c3ccccc3)cs2)ccc1O. The van der Waals surface area contributed by atoms with Crippen LogP contribution in [0, 0.1) is 0 Å². The molecule has 0 aliphatic carbocycles. The van der Waals surface area contributed by atoms with Crippen LogP contribution in [0.15, 0.2) is 71.7 Å². The molecule has 2 aromatic carbocycles. The Morgan fingerprint density at radius 3 is 2.83 bits per heavy atom. The summed E-state index contributed by atoms with van der Waals surface area (Å²) in [7, 11) is 0. The van der Waals surface area contributed by atoms with Crippen molar-refractivity contribution in [1.82, 2.24) is 4.98 Å². The van der Waals surface area contributed by atoms with Crippen molar-refractivity contribution >= 4 is 22.7 Å². The standard InChI is InChI=1S/C19H17N3OS/c1-2-6-16-11-14(9-10-18(16)23)12-20-22-19-21-17(13-24-19)15-7-4-3-5-8-15/h2-5,7-13,23H,1,6H2,(H,21,22). The molecule has 0 saturated heterocycles. The highest BCUT2D eigenvalue weighted by atomic mass is 32.1. The Morgan fingerprint density at radius 1 is 1.21 bits per heavy atom. The van der Waals surface area contributed by atoms with E-state index in [-0.39, 0.29) is 5.75 Å². The van der Waals surface area contributed by atoms with Crippen molar-refractivity contribution in [2.45, 2.75) is 6.42 Å². The van der Waals surface area contributed by atoms with Crippen LogP contribution < -0.4 is 5.43 Å². The van der Waals surface area contributed by atoms with Crippen molar-refractivity contribution in [3.63, 3.8) is 0 Å². The van der Waals surface area contributed by atoms with Crippen LogP contribution in [0.1, 0.15) is 11.1 Å². The first kappa shape index (κ1) is 16.0. The van der Waals surface area contributed by atoms with Gasteiger partial charge in [0.15, 0.2) is 0 Å². The molecular weight excluding hydrogens is 318 g/mol. The molecule has 1 heterocycles. The average Bonchev–Trinajstić information content (AvgIpc) is 3.08. The zero-order valence-electron chi connectivity index (χ0n) is 13.0. The summed E-state index contributed by atoms with van der Waals surface area (Å²) in [6.07, 6.45) is 4.08. The first-order chi connectivity index (χ1) is 11.8. The Kier molecular flexibility index (Phi) is 5.03. The fourth-order valence-electron chi connectivity index (χ4n) is 2.23. The maximum atomic E-state index is 9.76. The number of aromatic hydroxyl groups is 1. The summed E-state index contributed by atoms with van der Waals surface area (Å²) in [5.74, 6) is 0.271. The van der Waals surface area contributed by atoms with Crippen LogP contribution in [0.5, 0.6) is 5.75 Å². The van der Waals surface area contributed by atoms with E-state index in [4.69, 9.17) is 0 Å². The number of aromatic nitrogens is 1. The third kappa shape index (κ3) is 3.88. The number of phenolic OH excluding ortho intramolecular Hbond substituents is 1. The molecule has 2 N–H and O–H groups in total. The third-order valence-electron chi connectivity index (χ3n) is 3.42. The topological polar surface area (TPSA) is 57.5 Å². The summed E-state index contributed by atoms with van der Waals surface area (Å²) < 4.78 is 0. The molecular formula is C19H17N3OS. The van der Waals surface area contributed by atoms with E-state index in [9.17, 15) is 5.11 Å². The monoisotopic (exact) mass is 335 g/mol. The van der Waals surface area contributed by atoms with Gasteiger partial charge in [-0.2, -0.15) is 5.10 Å². The van der Waals surface area contributed by atoms with E-state index in [0.29, 0.717) is 6.42 Å². The Labute approximate surface area is 144 Å². The predicted molar refractivity (Wildman–Crippen MR) is 101 cm³/mol. The molecule has 0 atom stereocenters. The lowest BCUT2D eigenvalue weighted by atomic mass is 10.1. The predicted octanol–water partition coefficient (Wildman–Crippen LogP) is 4.69. The normalized spacial score (nSPS) is 10.8. The van der Waals surface area contributed by atoms with Gasteiger partial charge in [-0.25, -0.2) is 4.98 Å². The summed E-state index contributed by atoms with van der Waals surface area (Å²) in [6, 6.07) is 15.4. The molecule has 4 nitrogen and oxygen atoms in total. The molecule has 3 aromatic rings. The summed E-state index contributed by atoms with van der Waals surface area (Å²) in [5, 5.41) is 16.7. The van der Waals surface area contributed by atoms with Gasteiger partial charge in [0.2, 0.25) is 5.13 Å². The maximum Gasteiger partial charge on any atom is 0.203 e. The van der Waals surface area contributed by atoms with Crippen molar-refractivity contribution in [2.24, 2.45) is 5.10 Å². The number of benzene rings is 2. The molecule has 0 aliphatic heterocycles. The number of rotatable bonds is 6. The number of allylic oxidation sites excluding steroid dienone is 1. The first-order valence-corrected chi connectivity index (χ1v) is 8.37. The lowest BCUT2D eigenvalue weighted by Crippen LogP contribution is -1.92. The van der Waals surface area contributed by atoms with Crippen LogP contribution >= 0.6 is 11.3 Å². The minimum absolute atomic E-state index is 0.271. The van der Waals surface area contributed by atoms with Gasteiger partial charge in [0, 0.05) is 10.9 Å². The molecule has 0 unspecified atom stereocenters. The molecule has 24 heavy (non-hydrogen) atoms. The number of hydrogen-bond acceptors (Lipinski definition) is 5. The fourth-order valence-corrected chi connectivity index (χ4v) is 2.90. The van der Waals surface area contributed by atoms with Crippen molar-refractivity contribution in [3.05, 3.63) is 77.7 Å². The van der Waals surface area contributed by atoms with E-state index >= 15 is 0 Å². The van der Waals surface area contributed by atoms with Crippen molar-refractivity contribution in [1.29, 1.82) is 0 Å². The minimum Gasteiger partial charge on any atom is -0.508 e. The first-order valence-electron chi connectivity index (χ1n) is 7.49. The largest absolute Gasteiger partial charge is 0.508 e. The van der Waals surface area contributed by atoms with Gasteiger partial charge in [-0.05, 0) is 35.7 Å². The minimum atomic E-state index is 0.271. The quantitative estimate of drug-likeness (QED) is 0.390. The summed E-state index contributed by atoms with van der Waals surface area (Å²) in [5.41, 5.74) is 6.68. The van der Waals surface area contributed by atoms with Gasteiger partial charge in [-0.1, -0.05) is 36.4 Å². The Bertz CT molecular complexity index is 856. The second kappa shape index (κ2) is 7.57. The highest BCUT2D eigenvalue weighted by Gasteiger charge is 2.03. The van der Waals surface area contributed by atoms with Crippen LogP contribution in [-0.2, 0) is 6.42 Å². The highest BCUT2D eigenvalue weighted by molar-refractivity contribution is 7.14. The van der Waals surface area contributed by atoms with E-state index in [1.807, 2.05) is 47.8 Å². The van der Waals surface area contributed by atoms with Crippen LogP contribution in [-0.4, -0.2) is 16.3 Å². The highest BCUT2D eigenvalue weighted by Crippen LogP contribution is 2.24. The Balaban J connectivity index is 1.68. The molecule has 0 radical (unpaired) electrons. The Hall–Kier alpha value is -2.92. The lowest BCUT2D eigenvalue weighted by molar-refractivity contribution is 0.469. The molecule has 3 rings (SSSR count). The molecule has 0 saturated carbocycles. The summed E-state index contributed by atoms with van der Waals surface area (Å²) >= 11 is 1.50. The van der Waals surface area contributed by atoms with Gasteiger partial charge in [0.1, 0.15) is 5.75 Å².